The van der Waals surface area contributed by atoms with Crippen molar-refractivity contribution in [2.45, 2.75) is 13.0 Å². The number of hydrogen-bond acceptors (Lipinski definition) is 4. The van der Waals surface area contributed by atoms with Crippen LogP contribution in [0.2, 0.25) is 5.02 Å². The Balaban J connectivity index is 1.20. The van der Waals surface area contributed by atoms with Gasteiger partial charge in [-0.25, -0.2) is 4.79 Å². The standard InChI is InChI=1S/C33H30ClN3O3/c1-22(26-5-2-3-6-27(26)23-9-11-24(34)12-10-23)36-17-19-37(20-18-36)25-13-14-29(33(38)39)32(21-25)40-31-8-4-7-30-28(31)15-16-35-30/h2-16,21-22,35H,17-20H2,1H3,(H,38,39). The lowest BCUT2D eigenvalue weighted by atomic mass is 9.94. The molecule has 1 aliphatic rings. The molecule has 6 rings (SSSR count). The van der Waals surface area contributed by atoms with Gasteiger partial charge in [0, 0.05) is 66.1 Å². The van der Waals surface area contributed by atoms with E-state index in [-0.39, 0.29) is 11.6 Å². The predicted octanol–water partition coefficient (Wildman–Crippen LogP) is 7.86. The number of H-pyrrole nitrogens is 1. The second kappa shape index (κ2) is 11.1. The van der Waals surface area contributed by atoms with Gasteiger partial charge in [0.25, 0.3) is 0 Å². The normalized spacial score (nSPS) is 14.8. The van der Waals surface area contributed by atoms with E-state index in [1.807, 2.05) is 54.7 Å². The molecule has 0 aliphatic carbocycles. The number of fused-ring (bicyclic) bond motifs is 1. The summed E-state index contributed by atoms with van der Waals surface area (Å²) in [5, 5.41) is 11.5. The van der Waals surface area contributed by atoms with E-state index in [2.05, 4.69) is 58.1 Å². The minimum absolute atomic E-state index is 0.141. The molecule has 6 nitrogen and oxygen atoms in total. The number of ether oxygens (including phenoxy) is 1. The Morgan fingerprint density at radius 3 is 2.45 bits per heavy atom. The minimum Gasteiger partial charge on any atom is -0.478 e. The maximum atomic E-state index is 12.0. The Morgan fingerprint density at radius 1 is 0.900 bits per heavy atom. The molecule has 40 heavy (non-hydrogen) atoms. The zero-order chi connectivity index (χ0) is 27.6. The molecule has 0 amide bonds. The molecule has 0 saturated carbocycles. The number of aromatic carboxylic acids is 1. The van der Waals surface area contributed by atoms with Gasteiger partial charge in [-0.15, -0.1) is 0 Å². The summed E-state index contributed by atoms with van der Waals surface area (Å²) in [5.74, 6) is -0.0522. The number of carboxylic acid groups (broad SMARTS) is 1. The van der Waals surface area contributed by atoms with Crippen LogP contribution in [0.3, 0.4) is 0 Å². The number of nitrogens with zero attached hydrogens (tertiary/aromatic N) is 2. The monoisotopic (exact) mass is 551 g/mol. The lowest BCUT2D eigenvalue weighted by molar-refractivity contribution is 0.0694. The summed E-state index contributed by atoms with van der Waals surface area (Å²) < 4.78 is 6.21. The van der Waals surface area contributed by atoms with Crippen LogP contribution in [0, 0.1) is 0 Å². The van der Waals surface area contributed by atoms with Gasteiger partial charge in [0.2, 0.25) is 0 Å². The van der Waals surface area contributed by atoms with Crippen LogP contribution in [0.15, 0.2) is 97.2 Å². The first-order valence-electron chi connectivity index (χ1n) is 13.4. The number of nitrogens with one attached hydrogen (secondary N) is 1. The molecule has 1 aromatic heterocycles. The highest BCUT2D eigenvalue weighted by Crippen LogP contribution is 2.36. The lowest BCUT2D eigenvalue weighted by Crippen LogP contribution is -2.47. The molecule has 2 N–H and O–H groups in total. The summed E-state index contributed by atoms with van der Waals surface area (Å²) in [7, 11) is 0. The highest BCUT2D eigenvalue weighted by Gasteiger charge is 2.25. The quantitative estimate of drug-likeness (QED) is 0.215. The zero-order valence-electron chi connectivity index (χ0n) is 22.2. The Hall–Kier alpha value is -4.26. The summed E-state index contributed by atoms with van der Waals surface area (Å²) in [5.41, 5.74) is 5.70. The largest absolute Gasteiger partial charge is 0.478 e. The van der Waals surface area contributed by atoms with Crippen LogP contribution in [0.4, 0.5) is 5.69 Å². The van der Waals surface area contributed by atoms with Gasteiger partial charge in [-0.3, -0.25) is 4.90 Å². The minimum atomic E-state index is -1.01. The number of anilines is 1. The summed E-state index contributed by atoms with van der Waals surface area (Å²) in [6, 6.07) is 29.8. The van der Waals surface area contributed by atoms with Crippen LogP contribution in [0.1, 0.15) is 28.9 Å². The fraction of sp³-hybridized carbons (Fsp3) is 0.182. The fourth-order valence-corrected chi connectivity index (χ4v) is 5.68. The van der Waals surface area contributed by atoms with Crippen molar-refractivity contribution in [1.82, 2.24) is 9.88 Å². The van der Waals surface area contributed by atoms with Crippen molar-refractivity contribution in [3.05, 3.63) is 113 Å². The average molecular weight is 552 g/mol. The molecular weight excluding hydrogens is 522 g/mol. The molecule has 1 fully saturated rings. The molecule has 1 saturated heterocycles. The molecule has 202 valence electrons. The topological polar surface area (TPSA) is 68.8 Å². The summed E-state index contributed by atoms with van der Waals surface area (Å²) >= 11 is 6.13. The predicted molar refractivity (Wildman–Crippen MR) is 161 cm³/mol. The van der Waals surface area contributed by atoms with Crippen LogP contribution in [-0.2, 0) is 0 Å². The van der Waals surface area contributed by atoms with Crippen molar-refractivity contribution in [3.8, 4) is 22.6 Å². The van der Waals surface area contributed by atoms with Crippen molar-refractivity contribution in [2.75, 3.05) is 31.1 Å². The van der Waals surface area contributed by atoms with E-state index in [0.29, 0.717) is 11.5 Å². The van der Waals surface area contributed by atoms with Crippen molar-refractivity contribution >= 4 is 34.2 Å². The Morgan fingerprint density at radius 2 is 1.68 bits per heavy atom. The van der Waals surface area contributed by atoms with Crippen molar-refractivity contribution < 1.29 is 14.6 Å². The third-order valence-electron chi connectivity index (χ3n) is 7.76. The molecule has 1 unspecified atom stereocenters. The molecule has 0 radical (unpaired) electrons. The maximum Gasteiger partial charge on any atom is 0.339 e. The number of benzene rings is 4. The van der Waals surface area contributed by atoms with Gasteiger partial charge >= 0.3 is 5.97 Å². The molecule has 1 atom stereocenters. The van der Waals surface area contributed by atoms with E-state index in [0.717, 1.165) is 53.4 Å². The van der Waals surface area contributed by atoms with E-state index in [1.165, 1.54) is 11.1 Å². The van der Waals surface area contributed by atoms with Gasteiger partial charge in [-0.1, -0.05) is 54.1 Å². The van der Waals surface area contributed by atoms with Crippen LogP contribution in [0.5, 0.6) is 11.5 Å². The lowest BCUT2D eigenvalue weighted by Gasteiger charge is -2.40. The average Bonchev–Trinajstić information content (AvgIpc) is 3.47. The Kier molecular flexibility index (Phi) is 7.20. The van der Waals surface area contributed by atoms with Crippen LogP contribution < -0.4 is 9.64 Å². The highest BCUT2D eigenvalue weighted by atomic mass is 35.5. The first kappa shape index (κ1) is 26.0. The second-order valence-corrected chi connectivity index (χ2v) is 10.5. The van der Waals surface area contributed by atoms with Gasteiger partial charge in [-0.05, 0) is 66.1 Å². The molecule has 4 aromatic carbocycles. The van der Waals surface area contributed by atoms with E-state index >= 15 is 0 Å². The number of carboxylic acids is 1. The third-order valence-corrected chi connectivity index (χ3v) is 8.02. The van der Waals surface area contributed by atoms with E-state index in [1.54, 1.807) is 6.07 Å². The Bertz CT molecular complexity index is 1660. The van der Waals surface area contributed by atoms with Crippen LogP contribution >= 0.6 is 11.6 Å². The van der Waals surface area contributed by atoms with Crippen molar-refractivity contribution in [2.24, 2.45) is 0 Å². The van der Waals surface area contributed by atoms with E-state index in [4.69, 9.17) is 16.3 Å². The van der Waals surface area contributed by atoms with Gasteiger partial charge < -0.3 is 19.7 Å². The van der Waals surface area contributed by atoms with Crippen molar-refractivity contribution in [3.63, 3.8) is 0 Å². The third kappa shape index (κ3) is 5.16. The smallest absolute Gasteiger partial charge is 0.339 e. The number of piperazine rings is 1. The number of rotatable bonds is 7. The molecule has 0 bridgehead atoms. The first-order chi connectivity index (χ1) is 19.5. The molecular formula is C33H30ClN3O3. The number of hydrogen-bond donors (Lipinski definition) is 2. The summed E-state index contributed by atoms with van der Waals surface area (Å²) in [6.07, 6.45) is 1.85. The highest BCUT2D eigenvalue weighted by molar-refractivity contribution is 6.30. The first-order valence-corrected chi connectivity index (χ1v) is 13.8. The SMILES string of the molecule is CC(c1ccccc1-c1ccc(Cl)cc1)N1CCN(c2ccc(C(=O)O)c(Oc3cccc4[nH]ccc34)c2)CC1. The summed E-state index contributed by atoms with van der Waals surface area (Å²) in [6.45, 7) is 5.68. The molecule has 1 aliphatic heterocycles. The zero-order valence-corrected chi connectivity index (χ0v) is 22.9. The van der Waals surface area contributed by atoms with Crippen molar-refractivity contribution in [1.29, 1.82) is 0 Å². The molecule has 7 heteroatoms. The van der Waals surface area contributed by atoms with Crippen LogP contribution in [0.25, 0.3) is 22.0 Å². The van der Waals surface area contributed by atoms with Gasteiger partial charge in [-0.2, -0.15) is 0 Å². The number of aromatic amines is 1. The second-order valence-electron chi connectivity index (χ2n) is 10.1. The van der Waals surface area contributed by atoms with Gasteiger partial charge in [0.15, 0.2) is 0 Å². The van der Waals surface area contributed by atoms with E-state index < -0.39 is 5.97 Å². The van der Waals surface area contributed by atoms with Crippen LogP contribution in [-0.4, -0.2) is 47.1 Å². The number of aromatic nitrogens is 1. The molecule has 0 spiro atoms. The maximum absolute atomic E-state index is 12.0. The molecule has 5 aromatic rings. The fourth-order valence-electron chi connectivity index (χ4n) is 5.55. The Labute approximate surface area is 238 Å². The van der Waals surface area contributed by atoms with E-state index in [9.17, 15) is 9.90 Å². The number of carbonyl (C=O) groups is 1. The summed E-state index contributed by atoms with van der Waals surface area (Å²) in [4.78, 5) is 20.0. The molecule has 2 heterocycles. The van der Waals surface area contributed by atoms with Gasteiger partial charge in [0.05, 0.1) is 0 Å². The van der Waals surface area contributed by atoms with Gasteiger partial charge in [0.1, 0.15) is 17.1 Å². The number of halogens is 1.